The molecule has 0 radical (unpaired) electrons. The number of benzene rings is 1. The third-order valence-electron chi connectivity index (χ3n) is 4.15. The third kappa shape index (κ3) is 4.19. The Labute approximate surface area is 126 Å². The standard InChI is InChI=1S/C16H24N2O3/c1-16(2)12-18(8-7-17(16)3)9-10-21-14-6-4-5-13(11-14)15(19)20/h4-6,11H,7-10,12H2,1-3H3,(H,19,20). The summed E-state index contributed by atoms with van der Waals surface area (Å²) < 4.78 is 5.68. The predicted octanol–water partition coefficient (Wildman–Crippen LogP) is 1.79. The summed E-state index contributed by atoms with van der Waals surface area (Å²) in [5.74, 6) is -0.315. The molecule has 1 aromatic rings. The van der Waals surface area contributed by atoms with Gasteiger partial charge in [0.1, 0.15) is 12.4 Å². The largest absolute Gasteiger partial charge is 0.492 e. The monoisotopic (exact) mass is 292 g/mol. The van der Waals surface area contributed by atoms with Crippen LogP contribution in [0.25, 0.3) is 0 Å². The maximum absolute atomic E-state index is 10.9. The number of carboxylic acids is 1. The van der Waals surface area contributed by atoms with Crippen molar-refractivity contribution in [2.75, 3.05) is 39.8 Å². The maximum Gasteiger partial charge on any atom is 0.335 e. The summed E-state index contributed by atoms with van der Waals surface area (Å²) in [4.78, 5) is 15.7. The van der Waals surface area contributed by atoms with E-state index in [9.17, 15) is 4.79 Å². The van der Waals surface area contributed by atoms with Gasteiger partial charge in [0.05, 0.1) is 5.56 Å². The fourth-order valence-electron chi connectivity index (χ4n) is 2.54. The predicted molar refractivity (Wildman–Crippen MR) is 82.0 cm³/mol. The number of hydrogen-bond donors (Lipinski definition) is 1. The lowest BCUT2D eigenvalue weighted by Crippen LogP contribution is -2.58. The second kappa shape index (κ2) is 6.45. The number of nitrogens with zero attached hydrogens (tertiary/aromatic N) is 2. The molecule has 1 aliphatic rings. The summed E-state index contributed by atoms with van der Waals surface area (Å²) >= 11 is 0. The van der Waals surface area contributed by atoms with E-state index < -0.39 is 5.97 Å². The second-order valence-electron chi connectivity index (χ2n) is 6.19. The van der Waals surface area contributed by atoms with Crippen molar-refractivity contribution < 1.29 is 14.6 Å². The number of aromatic carboxylic acids is 1. The number of hydrogen-bond acceptors (Lipinski definition) is 4. The van der Waals surface area contributed by atoms with Crippen LogP contribution in [0.4, 0.5) is 0 Å². The molecule has 1 aromatic carbocycles. The van der Waals surface area contributed by atoms with E-state index in [0.717, 1.165) is 26.2 Å². The van der Waals surface area contributed by atoms with Gasteiger partial charge in [0.15, 0.2) is 0 Å². The molecule has 1 heterocycles. The third-order valence-corrected chi connectivity index (χ3v) is 4.15. The van der Waals surface area contributed by atoms with Crippen molar-refractivity contribution in [2.24, 2.45) is 0 Å². The number of ether oxygens (including phenoxy) is 1. The lowest BCUT2D eigenvalue weighted by atomic mass is 10.00. The van der Waals surface area contributed by atoms with Crippen LogP contribution in [0.2, 0.25) is 0 Å². The Hall–Kier alpha value is -1.59. The van der Waals surface area contributed by atoms with Crippen molar-refractivity contribution >= 4 is 5.97 Å². The number of piperazine rings is 1. The summed E-state index contributed by atoms with van der Waals surface area (Å²) in [6, 6.07) is 6.63. The van der Waals surface area contributed by atoms with Crippen LogP contribution in [0.15, 0.2) is 24.3 Å². The van der Waals surface area contributed by atoms with Crippen LogP contribution in [-0.4, -0.2) is 66.2 Å². The molecule has 0 amide bonds. The van der Waals surface area contributed by atoms with E-state index in [2.05, 4.69) is 30.7 Å². The van der Waals surface area contributed by atoms with Crippen LogP contribution in [0.3, 0.4) is 0 Å². The van der Waals surface area contributed by atoms with Crippen LogP contribution in [0.1, 0.15) is 24.2 Å². The average molecular weight is 292 g/mol. The smallest absolute Gasteiger partial charge is 0.335 e. The van der Waals surface area contributed by atoms with Gasteiger partial charge >= 0.3 is 5.97 Å². The molecule has 0 atom stereocenters. The van der Waals surface area contributed by atoms with Gasteiger partial charge < -0.3 is 9.84 Å². The Morgan fingerprint density at radius 3 is 2.81 bits per heavy atom. The normalized spacial score (nSPS) is 19.4. The zero-order valence-corrected chi connectivity index (χ0v) is 13.0. The highest BCUT2D eigenvalue weighted by Gasteiger charge is 2.30. The van der Waals surface area contributed by atoms with Gasteiger partial charge in [-0.05, 0) is 39.1 Å². The van der Waals surface area contributed by atoms with Gasteiger partial charge in [0.25, 0.3) is 0 Å². The average Bonchev–Trinajstić information content (AvgIpc) is 2.43. The highest BCUT2D eigenvalue weighted by Crippen LogP contribution is 2.19. The number of carbonyl (C=O) groups is 1. The molecular formula is C16H24N2O3. The molecule has 0 spiro atoms. The molecule has 5 nitrogen and oxygen atoms in total. The van der Waals surface area contributed by atoms with Crippen molar-refractivity contribution in [1.29, 1.82) is 0 Å². The molecule has 116 valence electrons. The SMILES string of the molecule is CN1CCN(CCOc2cccc(C(=O)O)c2)CC1(C)C. The van der Waals surface area contributed by atoms with Crippen molar-refractivity contribution in [3.8, 4) is 5.75 Å². The van der Waals surface area contributed by atoms with Crippen molar-refractivity contribution in [3.05, 3.63) is 29.8 Å². The van der Waals surface area contributed by atoms with E-state index in [1.54, 1.807) is 24.3 Å². The highest BCUT2D eigenvalue weighted by molar-refractivity contribution is 5.87. The van der Waals surface area contributed by atoms with Crippen LogP contribution >= 0.6 is 0 Å². The molecule has 5 heteroatoms. The van der Waals surface area contributed by atoms with Gasteiger partial charge in [-0.3, -0.25) is 9.80 Å². The first-order chi connectivity index (χ1) is 9.88. The van der Waals surface area contributed by atoms with Crippen LogP contribution in [-0.2, 0) is 0 Å². The molecule has 1 aliphatic heterocycles. The molecule has 0 aromatic heterocycles. The van der Waals surface area contributed by atoms with E-state index in [-0.39, 0.29) is 11.1 Å². The minimum absolute atomic E-state index is 0.182. The zero-order chi connectivity index (χ0) is 15.5. The zero-order valence-electron chi connectivity index (χ0n) is 13.0. The molecule has 1 saturated heterocycles. The Bertz CT molecular complexity index is 502. The Balaban J connectivity index is 1.82. The fourth-order valence-corrected chi connectivity index (χ4v) is 2.54. The lowest BCUT2D eigenvalue weighted by molar-refractivity contribution is 0.0337. The van der Waals surface area contributed by atoms with E-state index in [0.29, 0.717) is 12.4 Å². The molecule has 2 rings (SSSR count). The van der Waals surface area contributed by atoms with Crippen LogP contribution in [0, 0.1) is 0 Å². The van der Waals surface area contributed by atoms with E-state index >= 15 is 0 Å². The molecule has 0 unspecified atom stereocenters. The van der Waals surface area contributed by atoms with Gasteiger partial charge in [-0.15, -0.1) is 0 Å². The molecule has 21 heavy (non-hydrogen) atoms. The van der Waals surface area contributed by atoms with Crippen molar-refractivity contribution in [3.63, 3.8) is 0 Å². The minimum Gasteiger partial charge on any atom is -0.492 e. The first-order valence-electron chi connectivity index (χ1n) is 7.28. The van der Waals surface area contributed by atoms with E-state index in [4.69, 9.17) is 9.84 Å². The molecule has 0 aliphatic carbocycles. The molecule has 0 saturated carbocycles. The van der Waals surface area contributed by atoms with Crippen LogP contribution in [0.5, 0.6) is 5.75 Å². The Kier molecular flexibility index (Phi) is 4.85. The highest BCUT2D eigenvalue weighted by atomic mass is 16.5. The minimum atomic E-state index is -0.929. The van der Waals surface area contributed by atoms with E-state index in [1.807, 2.05) is 0 Å². The van der Waals surface area contributed by atoms with Crippen molar-refractivity contribution in [2.45, 2.75) is 19.4 Å². The van der Waals surface area contributed by atoms with Gasteiger partial charge in [0, 0.05) is 31.7 Å². The summed E-state index contributed by atoms with van der Waals surface area (Å²) in [5, 5.41) is 8.95. The summed E-state index contributed by atoms with van der Waals surface area (Å²) in [5.41, 5.74) is 0.440. The number of rotatable bonds is 5. The molecule has 0 bridgehead atoms. The fraction of sp³-hybridized carbons (Fsp3) is 0.562. The number of likely N-dealkylation sites (N-methyl/N-ethyl adjacent to an activating group) is 1. The Morgan fingerprint density at radius 2 is 2.14 bits per heavy atom. The number of carboxylic acid groups (broad SMARTS) is 1. The molecular weight excluding hydrogens is 268 g/mol. The van der Waals surface area contributed by atoms with Gasteiger partial charge in [-0.2, -0.15) is 0 Å². The van der Waals surface area contributed by atoms with Gasteiger partial charge in [-0.25, -0.2) is 4.79 Å². The van der Waals surface area contributed by atoms with Gasteiger partial charge in [-0.1, -0.05) is 6.07 Å². The maximum atomic E-state index is 10.9. The quantitative estimate of drug-likeness (QED) is 0.896. The molecule has 1 N–H and O–H groups in total. The van der Waals surface area contributed by atoms with E-state index in [1.165, 1.54) is 0 Å². The Morgan fingerprint density at radius 1 is 1.38 bits per heavy atom. The summed E-state index contributed by atoms with van der Waals surface area (Å²) in [6.07, 6.45) is 0. The second-order valence-corrected chi connectivity index (χ2v) is 6.19. The molecule has 1 fully saturated rings. The van der Waals surface area contributed by atoms with Crippen molar-refractivity contribution in [1.82, 2.24) is 9.80 Å². The van der Waals surface area contributed by atoms with Crippen LogP contribution < -0.4 is 4.74 Å². The first-order valence-corrected chi connectivity index (χ1v) is 7.28. The summed E-state index contributed by atoms with van der Waals surface area (Å²) in [7, 11) is 2.16. The van der Waals surface area contributed by atoms with Gasteiger partial charge in [0.2, 0.25) is 0 Å². The summed E-state index contributed by atoms with van der Waals surface area (Å²) in [6.45, 7) is 9.03. The lowest BCUT2D eigenvalue weighted by Gasteiger charge is -2.45. The first kappa shape index (κ1) is 15.8. The topological polar surface area (TPSA) is 53.0 Å².